The van der Waals surface area contributed by atoms with Crippen molar-refractivity contribution in [2.75, 3.05) is 20.8 Å². The first kappa shape index (κ1) is 13.1. The number of methoxy groups -OCH3 is 2. The van der Waals surface area contributed by atoms with E-state index in [2.05, 4.69) is 0 Å². The summed E-state index contributed by atoms with van der Waals surface area (Å²) >= 11 is 5.85. The molecule has 0 saturated carbocycles. The monoisotopic (exact) mass is 244 g/mol. The molecule has 90 valence electrons. The number of hydrogen-bond donors (Lipinski definition) is 0. The van der Waals surface area contributed by atoms with Crippen molar-refractivity contribution in [3.8, 4) is 11.5 Å². The molecule has 0 aliphatic carbocycles. The van der Waals surface area contributed by atoms with E-state index in [9.17, 15) is 0 Å². The summed E-state index contributed by atoms with van der Waals surface area (Å²) in [6.45, 7) is 2.50. The van der Waals surface area contributed by atoms with Crippen LogP contribution in [0.1, 0.15) is 12.5 Å². The molecule has 16 heavy (non-hydrogen) atoms. The highest BCUT2D eigenvalue weighted by atomic mass is 35.5. The fourth-order valence-corrected chi connectivity index (χ4v) is 1.60. The van der Waals surface area contributed by atoms with Gasteiger partial charge in [-0.2, -0.15) is 0 Å². The minimum absolute atomic E-state index is 0.000335. The van der Waals surface area contributed by atoms with Crippen LogP contribution < -0.4 is 9.47 Å². The molecule has 0 saturated heterocycles. The second-order valence-electron chi connectivity index (χ2n) is 3.49. The third-order valence-corrected chi connectivity index (χ3v) is 2.43. The van der Waals surface area contributed by atoms with Gasteiger partial charge < -0.3 is 14.2 Å². The second-order valence-corrected chi connectivity index (χ2v) is 3.76. The van der Waals surface area contributed by atoms with E-state index >= 15 is 0 Å². The Hall–Kier alpha value is -0.930. The summed E-state index contributed by atoms with van der Waals surface area (Å²) in [4.78, 5) is 0. The van der Waals surface area contributed by atoms with E-state index in [0.717, 1.165) is 17.1 Å². The van der Waals surface area contributed by atoms with Gasteiger partial charge in [-0.15, -0.1) is 11.6 Å². The van der Waals surface area contributed by atoms with Crippen LogP contribution in [0.5, 0.6) is 11.5 Å². The molecule has 1 aromatic rings. The number of ether oxygens (including phenoxy) is 3. The molecule has 0 aliphatic heterocycles. The minimum Gasteiger partial charge on any atom is -0.497 e. The maximum atomic E-state index is 5.85. The smallest absolute Gasteiger partial charge is 0.124 e. The Kier molecular flexibility index (Phi) is 5.43. The Morgan fingerprint density at radius 1 is 1.31 bits per heavy atom. The molecule has 3 nitrogen and oxygen atoms in total. The fourth-order valence-electron chi connectivity index (χ4n) is 1.39. The van der Waals surface area contributed by atoms with Gasteiger partial charge in [0.25, 0.3) is 0 Å². The maximum absolute atomic E-state index is 5.85. The van der Waals surface area contributed by atoms with Crippen molar-refractivity contribution in [2.45, 2.75) is 18.9 Å². The van der Waals surface area contributed by atoms with E-state index in [1.165, 1.54) is 0 Å². The van der Waals surface area contributed by atoms with Crippen LogP contribution in [0.15, 0.2) is 18.2 Å². The molecule has 0 aromatic heterocycles. The Morgan fingerprint density at radius 2 is 2.06 bits per heavy atom. The Balaban J connectivity index is 2.78. The van der Waals surface area contributed by atoms with Crippen LogP contribution in [0.3, 0.4) is 0 Å². The average molecular weight is 245 g/mol. The van der Waals surface area contributed by atoms with Crippen LogP contribution in [0.2, 0.25) is 0 Å². The van der Waals surface area contributed by atoms with E-state index in [0.29, 0.717) is 12.5 Å². The van der Waals surface area contributed by atoms with Crippen LogP contribution in [0.25, 0.3) is 0 Å². The van der Waals surface area contributed by atoms with E-state index < -0.39 is 0 Å². The molecule has 0 aliphatic rings. The van der Waals surface area contributed by atoms with Crippen molar-refractivity contribution >= 4 is 11.6 Å². The van der Waals surface area contributed by atoms with Gasteiger partial charge in [0.2, 0.25) is 0 Å². The van der Waals surface area contributed by atoms with Crippen molar-refractivity contribution < 1.29 is 14.2 Å². The third kappa shape index (κ3) is 3.58. The minimum atomic E-state index is 0.000335. The first-order valence-electron chi connectivity index (χ1n) is 5.09. The van der Waals surface area contributed by atoms with Gasteiger partial charge in [-0.05, 0) is 25.1 Å². The molecule has 0 radical (unpaired) electrons. The molecule has 0 spiro atoms. The molecule has 0 amide bonds. The lowest BCUT2D eigenvalue weighted by molar-refractivity contribution is 0.0915. The highest BCUT2D eigenvalue weighted by Crippen LogP contribution is 2.26. The molecule has 0 fully saturated rings. The predicted molar refractivity (Wildman–Crippen MR) is 64.5 cm³/mol. The van der Waals surface area contributed by atoms with Gasteiger partial charge in [0.15, 0.2) is 0 Å². The van der Waals surface area contributed by atoms with Crippen LogP contribution >= 0.6 is 11.6 Å². The SMILES string of the molecule is COCC(C)Oc1ccc(OC)cc1CCl. The second kappa shape index (κ2) is 6.61. The molecule has 0 N–H and O–H groups in total. The number of alkyl halides is 1. The molecular formula is C12H17ClO3. The van der Waals surface area contributed by atoms with E-state index in [1.807, 2.05) is 25.1 Å². The quantitative estimate of drug-likeness (QED) is 0.721. The van der Waals surface area contributed by atoms with Crippen LogP contribution in [-0.4, -0.2) is 26.9 Å². The summed E-state index contributed by atoms with van der Waals surface area (Å²) in [7, 11) is 3.28. The van der Waals surface area contributed by atoms with Crippen LogP contribution in [0, 0.1) is 0 Å². The van der Waals surface area contributed by atoms with E-state index in [1.54, 1.807) is 14.2 Å². The van der Waals surface area contributed by atoms with Crippen LogP contribution in [-0.2, 0) is 10.6 Å². The number of hydrogen-bond acceptors (Lipinski definition) is 3. The summed E-state index contributed by atoms with van der Waals surface area (Å²) in [6.07, 6.45) is 0.000335. The zero-order valence-corrected chi connectivity index (χ0v) is 10.6. The van der Waals surface area contributed by atoms with Gasteiger partial charge in [0.1, 0.15) is 17.6 Å². The van der Waals surface area contributed by atoms with Crippen molar-refractivity contribution in [1.82, 2.24) is 0 Å². The van der Waals surface area contributed by atoms with Gasteiger partial charge >= 0.3 is 0 Å². The summed E-state index contributed by atoms with van der Waals surface area (Å²) in [6, 6.07) is 5.59. The Labute approximate surface area is 101 Å². The lowest BCUT2D eigenvalue weighted by Crippen LogP contribution is -2.18. The Bertz CT molecular complexity index is 328. The molecule has 1 unspecified atom stereocenters. The lowest BCUT2D eigenvalue weighted by atomic mass is 10.2. The molecule has 1 aromatic carbocycles. The molecular weight excluding hydrogens is 228 g/mol. The first-order valence-corrected chi connectivity index (χ1v) is 5.63. The Morgan fingerprint density at radius 3 is 2.62 bits per heavy atom. The summed E-state index contributed by atoms with van der Waals surface area (Å²) < 4.78 is 15.8. The maximum Gasteiger partial charge on any atom is 0.124 e. The predicted octanol–water partition coefficient (Wildman–Crippen LogP) is 2.85. The lowest BCUT2D eigenvalue weighted by Gasteiger charge is -2.16. The topological polar surface area (TPSA) is 27.7 Å². The normalized spacial score (nSPS) is 12.2. The molecule has 1 rings (SSSR count). The largest absolute Gasteiger partial charge is 0.497 e. The van der Waals surface area contributed by atoms with E-state index in [4.69, 9.17) is 25.8 Å². The molecule has 0 heterocycles. The van der Waals surface area contributed by atoms with Gasteiger partial charge in [-0.1, -0.05) is 0 Å². The fraction of sp³-hybridized carbons (Fsp3) is 0.500. The van der Waals surface area contributed by atoms with Crippen molar-refractivity contribution in [3.05, 3.63) is 23.8 Å². The zero-order chi connectivity index (χ0) is 12.0. The van der Waals surface area contributed by atoms with Crippen LogP contribution in [0.4, 0.5) is 0 Å². The van der Waals surface area contributed by atoms with Gasteiger partial charge in [-0.25, -0.2) is 0 Å². The number of rotatable bonds is 6. The van der Waals surface area contributed by atoms with Crippen molar-refractivity contribution in [1.29, 1.82) is 0 Å². The van der Waals surface area contributed by atoms with Crippen molar-refractivity contribution in [3.63, 3.8) is 0 Å². The summed E-state index contributed by atoms with van der Waals surface area (Å²) in [5.41, 5.74) is 0.920. The average Bonchev–Trinajstić information content (AvgIpc) is 2.30. The molecule has 4 heteroatoms. The zero-order valence-electron chi connectivity index (χ0n) is 9.83. The summed E-state index contributed by atoms with van der Waals surface area (Å²) in [5, 5.41) is 0. The highest BCUT2D eigenvalue weighted by molar-refractivity contribution is 6.17. The van der Waals surface area contributed by atoms with E-state index in [-0.39, 0.29) is 6.10 Å². The number of halogens is 1. The third-order valence-electron chi connectivity index (χ3n) is 2.14. The highest BCUT2D eigenvalue weighted by Gasteiger charge is 2.08. The molecule has 1 atom stereocenters. The van der Waals surface area contributed by atoms with Crippen molar-refractivity contribution in [2.24, 2.45) is 0 Å². The standard InChI is InChI=1S/C12H17ClO3/c1-9(8-14-2)16-12-5-4-11(15-3)6-10(12)7-13/h4-6,9H,7-8H2,1-3H3. The number of benzene rings is 1. The molecule has 0 bridgehead atoms. The summed E-state index contributed by atoms with van der Waals surface area (Å²) in [5.74, 6) is 1.95. The van der Waals surface area contributed by atoms with Gasteiger partial charge in [0, 0.05) is 12.7 Å². The van der Waals surface area contributed by atoms with Gasteiger partial charge in [-0.3, -0.25) is 0 Å². The first-order chi connectivity index (χ1) is 7.71. The van der Waals surface area contributed by atoms with Gasteiger partial charge in [0.05, 0.1) is 19.6 Å².